The summed E-state index contributed by atoms with van der Waals surface area (Å²) in [6, 6.07) is 3.99. The summed E-state index contributed by atoms with van der Waals surface area (Å²) in [5.41, 5.74) is 8.10. The molecule has 20 heavy (non-hydrogen) atoms. The largest absolute Gasteiger partial charge is 0.397 e. The molecule has 0 heterocycles. The number of nitrogens with two attached hydrogens (primary N) is 1. The molecule has 1 amide bonds. The van der Waals surface area contributed by atoms with Gasteiger partial charge in [0.2, 0.25) is 5.91 Å². The first kappa shape index (κ1) is 15.0. The van der Waals surface area contributed by atoms with E-state index in [0.717, 1.165) is 5.69 Å². The number of hydrogen-bond donors (Lipinski definition) is 3. The van der Waals surface area contributed by atoms with Crippen molar-refractivity contribution >= 4 is 34.6 Å². The third kappa shape index (κ3) is 3.79. The highest BCUT2D eigenvalue weighted by atomic mass is 35.5. The van der Waals surface area contributed by atoms with Gasteiger partial charge in [0.15, 0.2) is 0 Å². The number of benzene rings is 1. The Hall–Kier alpha value is -1.42. The molecule has 2 rings (SSSR count). The SMILES string of the molecule is CCC(=O)Nc1cc(NC2CCCCC2)c(N)cc1Cl. The van der Waals surface area contributed by atoms with E-state index < -0.39 is 0 Å². The molecule has 110 valence electrons. The molecule has 4 N–H and O–H groups in total. The van der Waals surface area contributed by atoms with Crippen molar-refractivity contribution < 1.29 is 4.79 Å². The molecule has 1 aromatic carbocycles. The second kappa shape index (κ2) is 6.84. The lowest BCUT2D eigenvalue weighted by Crippen LogP contribution is -2.23. The maximum absolute atomic E-state index is 11.5. The lowest BCUT2D eigenvalue weighted by atomic mass is 9.95. The Kier molecular flexibility index (Phi) is 5.12. The van der Waals surface area contributed by atoms with Gasteiger partial charge in [-0.3, -0.25) is 4.79 Å². The normalized spacial score (nSPS) is 15.9. The van der Waals surface area contributed by atoms with Gasteiger partial charge < -0.3 is 16.4 Å². The molecule has 0 atom stereocenters. The summed E-state index contributed by atoms with van der Waals surface area (Å²) in [5, 5.41) is 6.74. The summed E-state index contributed by atoms with van der Waals surface area (Å²) < 4.78 is 0. The van der Waals surface area contributed by atoms with Crippen molar-refractivity contribution in [3.8, 4) is 0 Å². The first-order valence-corrected chi connectivity index (χ1v) is 7.63. The molecule has 5 heteroatoms. The standard InChI is InChI=1S/C15H22ClN3O/c1-2-15(20)19-13-9-14(12(17)8-11(13)16)18-10-6-4-3-5-7-10/h8-10,18H,2-7,17H2,1H3,(H,19,20). The fourth-order valence-electron chi connectivity index (χ4n) is 2.51. The Labute approximate surface area is 125 Å². The van der Waals surface area contributed by atoms with Crippen LogP contribution in [0, 0.1) is 0 Å². The van der Waals surface area contributed by atoms with Gasteiger partial charge in [-0.25, -0.2) is 0 Å². The van der Waals surface area contributed by atoms with E-state index in [1.807, 2.05) is 13.0 Å². The van der Waals surface area contributed by atoms with Crippen LogP contribution in [0.5, 0.6) is 0 Å². The maximum Gasteiger partial charge on any atom is 0.224 e. The van der Waals surface area contributed by atoms with Crippen LogP contribution in [0.2, 0.25) is 5.02 Å². The van der Waals surface area contributed by atoms with E-state index in [1.54, 1.807) is 6.07 Å². The van der Waals surface area contributed by atoms with Gasteiger partial charge in [-0.05, 0) is 25.0 Å². The predicted molar refractivity (Wildman–Crippen MR) is 85.3 cm³/mol. The van der Waals surface area contributed by atoms with Gasteiger partial charge in [-0.15, -0.1) is 0 Å². The van der Waals surface area contributed by atoms with Crippen molar-refractivity contribution in [2.45, 2.75) is 51.5 Å². The highest BCUT2D eigenvalue weighted by Crippen LogP contribution is 2.33. The van der Waals surface area contributed by atoms with Gasteiger partial charge in [-0.1, -0.05) is 37.8 Å². The van der Waals surface area contributed by atoms with Crippen LogP contribution in [0.4, 0.5) is 17.1 Å². The van der Waals surface area contributed by atoms with Crippen molar-refractivity contribution in [1.82, 2.24) is 0 Å². The van der Waals surface area contributed by atoms with Crippen LogP contribution >= 0.6 is 11.6 Å². The van der Waals surface area contributed by atoms with Crippen LogP contribution in [-0.4, -0.2) is 11.9 Å². The molecule has 1 fully saturated rings. The summed E-state index contributed by atoms with van der Waals surface area (Å²) in [6.45, 7) is 1.81. The average Bonchev–Trinajstić information content (AvgIpc) is 2.45. The van der Waals surface area contributed by atoms with Gasteiger partial charge in [0.1, 0.15) is 0 Å². The van der Waals surface area contributed by atoms with E-state index in [0.29, 0.717) is 28.9 Å². The fourth-order valence-corrected chi connectivity index (χ4v) is 2.73. The number of hydrogen-bond acceptors (Lipinski definition) is 3. The smallest absolute Gasteiger partial charge is 0.224 e. The van der Waals surface area contributed by atoms with Gasteiger partial charge in [-0.2, -0.15) is 0 Å². The average molecular weight is 296 g/mol. The Balaban J connectivity index is 2.14. The third-order valence-electron chi connectivity index (χ3n) is 3.70. The lowest BCUT2D eigenvalue weighted by molar-refractivity contribution is -0.115. The quantitative estimate of drug-likeness (QED) is 0.735. The molecule has 0 saturated heterocycles. The highest BCUT2D eigenvalue weighted by molar-refractivity contribution is 6.34. The molecule has 0 bridgehead atoms. The zero-order chi connectivity index (χ0) is 14.5. The fraction of sp³-hybridized carbons (Fsp3) is 0.533. The number of nitrogen functional groups attached to an aromatic ring is 1. The van der Waals surface area contributed by atoms with Crippen molar-refractivity contribution in [3.63, 3.8) is 0 Å². The number of anilines is 3. The second-order valence-corrected chi connectivity index (χ2v) is 5.71. The van der Waals surface area contributed by atoms with Gasteiger partial charge in [0.05, 0.1) is 22.1 Å². The molecule has 0 aliphatic heterocycles. The number of rotatable bonds is 4. The van der Waals surface area contributed by atoms with Crippen LogP contribution in [0.1, 0.15) is 45.4 Å². The first-order valence-electron chi connectivity index (χ1n) is 7.25. The van der Waals surface area contributed by atoms with Crippen molar-refractivity contribution in [1.29, 1.82) is 0 Å². The Morgan fingerprint density at radius 2 is 2.00 bits per heavy atom. The lowest BCUT2D eigenvalue weighted by Gasteiger charge is -2.25. The number of halogens is 1. The van der Waals surface area contributed by atoms with E-state index in [2.05, 4.69) is 10.6 Å². The monoisotopic (exact) mass is 295 g/mol. The number of nitrogens with one attached hydrogen (secondary N) is 2. The molecule has 1 saturated carbocycles. The molecule has 4 nitrogen and oxygen atoms in total. The minimum Gasteiger partial charge on any atom is -0.397 e. The number of carbonyl (C=O) groups is 1. The predicted octanol–water partition coefficient (Wildman–Crippen LogP) is 4.02. The van der Waals surface area contributed by atoms with E-state index in [9.17, 15) is 4.79 Å². The minimum absolute atomic E-state index is 0.0553. The van der Waals surface area contributed by atoms with E-state index in [-0.39, 0.29) is 5.91 Å². The van der Waals surface area contributed by atoms with Crippen molar-refractivity contribution in [2.75, 3.05) is 16.4 Å². The zero-order valence-corrected chi connectivity index (χ0v) is 12.6. The molecule has 0 radical (unpaired) electrons. The Morgan fingerprint density at radius 1 is 1.30 bits per heavy atom. The second-order valence-electron chi connectivity index (χ2n) is 5.30. The first-order chi connectivity index (χ1) is 9.60. The topological polar surface area (TPSA) is 67.2 Å². The van der Waals surface area contributed by atoms with Gasteiger partial charge in [0, 0.05) is 12.5 Å². The molecule has 1 aromatic rings. The van der Waals surface area contributed by atoms with Crippen LogP contribution in [-0.2, 0) is 4.79 Å². The van der Waals surface area contributed by atoms with E-state index in [4.69, 9.17) is 17.3 Å². The van der Waals surface area contributed by atoms with Crippen molar-refractivity contribution in [3.05, 3.63) is 17.2 Å². The Morgan fingerprint density at radius 3 is 2.65 bits per heavy atom. The minimum atomic E-state index is -0.0553. The summed E-state index contributed by atoms with van der Waals surface area (Å²) in [6.07, 6.45) is 6.57. The summed E-state index contributed by atoms with van der Waals surface area (Å²) >= 11 is 6.12. The van der Waals surface area contributed by atoms with Crippen molar-refractivity contribution in [2.24, 2.45) is 0 Å². The maximum atomic E-state index is 11.5. The molecular formula is C15H22ClN3O. The van der Waals surface area contributed by atoms with Crippen LogP contribution in [0.3, 0.4) is 0 Å². The number of amides is 1. The summed E-state index contributed by atoms with van der Waals surface area (Å²) in [7, 11) is 0. The van der Waals surface area contributed by atoms with Crippen LogP contribution in [0.25, 0.3) is 0 Å². The highest BCUT2D eigenvalue weighted by Gasteiger charge is 2.15. The van der Waals surface area contributed by atoms with E-state index in [1.165, 1.54) is 32.1 Å². The molecule has 1 aliphatic rings. The third-order valence-corrected chi connectivity index (χ3v) is 4.01. The molecule has 0 aromatic heterocycles. The van der Waals surface area contributed by atoms with Crippen LogP contribution in [0.15, 0.2) is 12.1 Å². The summed E-state index contributed by atoms with van der Waals surface area (Å²) in [4.78, 5) is 11.5. The Bertz CT molecular complexity index is 484. The molecule has 0 spiro atoms. The molecule has 0 unspecified atom stereocenters. The van der Waals surface area contributed by atoms with E-state index >= 15 is 0 Å². The van der Waals surface area contributed by atoms with Gasteiger partial charge >= 0.3 is 0 Å². The summed E-state index contributed by atoms with van der Waals surface area (Å²) in [5.74, 6) is -0.0553. The van der Waals surface area contributed by atoms with Crippen LogP contribution < -0.4 is 16.4 Å². The number of carbonyl (C=O) groups excluding carboxylic acids is 1. The molecule has 1 aliphatic carbocycles. The van der Waals surface area contributed by atoms with Gasteiger partial charge in [0.25, 0.3) is 0 Å². The zero-order valence-electron chi connectivity index (χ0n) is 11.8. The molecular weight excluding hydrogens is 274 g/mol.